The van der Waals surface area contributed by atoms with Crippen LogP contribution in [0.3, 0.4) is 0 Å². The molecule has 6 aliphatic rings. The van der Waals surface area contributed by atoms with Crippen LogP contribution in [-0.2, 0) is 20.9 Å². The zero-order chi connectivity index (χ0) is 55.5. The summed E-state index contributed by atoms with van der Waals surface area (Å²) in [6, 6.07) is 21.4. The molecule has 81 heavy (non-hydrogen) atoms. The van der Waals surface area contributed by atoms with Crippen LogP contribution in [0.2, 0.25) is 0 Å². The van der Waals surface area contributed by atoms with Crippen LogP contribution in [0.1, 0.15) is 95.1 Å². The molecule has 20 nitrogen and oxygen atoms in total. The summed E-state index contributed by atoms with van der Waals surface area (Å²) in [6.07, 6.45) is 12.5. The fourth-order valence-corrected chi connectivity index (χ4v) is 12.9. The zero-order valence-corrected chi connectivity index (χ0v) is 44.8. The van der Waals surface area contributed by atoms with Gasteiger partial charge in [-0.2, -0.15) is 5.10 Å². The van der Waals surface area contributed by atoms with Crippen molar-refractivity contribution in [3.05, 3.63) is 131 Å². The molecule has 0 radical (unpaired) electrons. The van der Waals surface area contributed by atoms with E-state index in [1.807, 2.05) is 75.9 Å². The number of nitrogens with two attached hydrogens (primary N) is 1. The van der Waals surface area contributed by atoms with Crippen LogP contribution >= 0.6 is 0 Å². The first kappa shape index (κ1) is 51.4. The Kier molecular flexibility index (Phi) is 13.5. The Labute approximate surface area is 466 Å². The second-order valence-corrected chi connectivity index (χ2v) is 22.0. The number of imide groups is 2. The molecule has 5 saturated heterocycles. The van der Waals surface area contributed by atoms with Gasteiger partial charge in [-0.15, -0.1) is 0 Å². The predicted molar refractivity (Wildman–Crippen MR) is 301 cm³/mol. The first-order chi connectivity index (χ1) is 39.4. The van der Waals surface area contributed by atoms with Gasteiger partial charge in [0, 0.05) is 117 Å². The molecule has 0 saturated carbocycles. The lowest BCUT2D eigenvalue weighted by atomic mass is 9.93. The predicted octanol–water partition coefficient (Wildman–Crippen LogP) is 5.90. The van der Waals surface area contributed by atoms with Gasteiger partial charge in [0.05, 0.1) is 47.0 Å². The lowest BCUT2D eigenvalue weighted by Crippen LogP contribution is -2.54. The van der Waals surface area contributed by atoms with Gasteiger partial charge in [-0.3, -0.25) is 48.3 Å². The van der Waals surface area contributed by atoms with E-state index in [0.29, 0.717) is 60.5 Å². The molecule has 5 aromatic heterocycles. The number of nitrogens with zero attached hydrogens (tertiary/aromatic N) is 12. The maximum atomic E-state index is 16.3. The summed E-state index contributed by atoms with van der Waals surface area (Å²) in [5, 5.41) is 10.2. The van der Waals surface area contributed by atoms with E-state index in [0.717, 1.165) is 103 Å². The van der Waals surface area contributed by atoms with Crippen LogP contribution < -0.4 is 26.2 Å². The van der Waals surface area contributed by atoms with E-state index in [2.05, 4.69) is 47.3 Å². The lowest BCUT2D eigenvalue weighted by Gasteiger charge is -2.42. The molecule has 11 heterocycles. The number of nitrogen functional groups attached to an aromatic ring is 1. The molecule has 3 unspecified atom stereocenters. The minimum atomic E-state index is -1.04. The number of carbonyl (C=O) groups is 5. The monoisotopic (exact) mass is 1090 g/mol. The largest absolute Gasteiger partial charge is 0.384 e. The van der Waals surface area contributed by atoms with Crippen molar-refractivity contribution in [3.63, 3.8) is 0 Å². The van der Waals surface area contributed by atoms with Crippen molar-refractivity contribution in [2.24, 2.45) is 5.92 Å². The molecule has 6 aliphatic heterocycles. The van der Waals surface area contributed by atoms with Crippen LogP contribution in [0.25, 0.3) is 28.1 Å². The number of anilines is 4. The molecule has 21 heteroatoms. The first-order valence-corrected chi connectivity index (χ1v) is 27.9. The molecule has 2 bridgehead atoms. The summed E-state index contributed by atoms with van der Waals surface area (Å²) in [6.45, 7) is 7.28. The van der Waals surface area contributed by atoms with Crippen LogP contribution in [-0.4, -0.2) is 142 Å². The molecule has 0 spiro atoms. The van der Waals surface area contributed by atoms with Crippen LogP contribution in [0.4, 0.5) is 27.4 Å². The Morgan fingerprint density at radius 1 is 0.840 bits per heavy atom. The molecule has 5 amide bonds. The van der Waals surface area contributed by atoms with E-state index in [9.17, 15) is 24.0 Å². The van der Waals surface area contributed by atoms with Gasteiger partial charge in [-0.1, -0.05) is 17.9 Å². The molecular weight excluding hydrogens is 1030 g/mol. The molecule has 7 aromatic rings. The number of hydrogen-bond donors (Lipinski definition) is 3. The molecule has 0 aliphatic carbocycles. The van der Waals surface area contributed by atoms with Gasteiger partial charge >= 0.3 is 0 Å². The van der Waals surface area contributed by atoms with Gasteiger partial charge in [0.15, 0.2) is 5.65 Å². The second kappa shape index (κ2) is 21.2. The first-order valence-electron chi connectivity index (χ1n) is 27.9. The third-order valence-corrected chi connectivity index (χ3v) is 17.0. The number of amides is 5. The Morgan fingerprint density at radius 3 is 2.41 bits per heavy atom. The van der Waals surface area contributed by atoms with Crippen LogP contribution in [0.15, 0.2) is 97.6 Å². The highest BCUT2D eigenvalue weighted by Gasteiger charge is 2.46. The molecule has 4 N–H and O–H groups in total. The van der Waals surface area contributed by atoms with Gasteiger partial charge in [0.1, 0.15) is 34.8 Å². The maximum Gasteiger partial charge on any atom is 0.264 e. The number of pyridine rings is 3. The van der Waals surface area contributed by atoms with E-state index in [1.165, 1.54) is 0 Å². The summed E-state index contributed by atoms with van der Waals surface area (Å²) < 4.78 is 20.1. The lowest BCUT2D eigenvalue weighted by molar-refractivity contribution is -0.138. The van der Waals surface area contributed by atoms with E-state index in [4.69, 9.17) is 20.7 Å². The quantitative estimate of drug-likeness (QED) is 0.101. The normalized spacial score (nSPS) is 20.7. The Balaban J connectivity index is 0.556. The second-order valence-electron chi connectivity index (χ2n) is 22.0. The van der Waals surface area contributed by atoms with Gasteiger partial charge in [-0.05, 0) is 113 Å². The average Bonchev–Trinajstić information content (AvgIpc) is 4.45. The number of fused-ring (bicyclic) bond motifs is 4. The van der Waals surface area contributed by atoms with Crippen molar-refractivity contribution >= 4 is 63.7 Å². The average molecular weight is 1090 g/mol. The number of nitrogens with one attached hydrogen (secondary N) is 2. The number of likely N-dealkylation sites (tertiary alicyclic amines) is 2. The Bertz CT molecular complexity index is 3710. The fourth-order valence-electron chi connectivity index (χ4n) is 12.9. The van der Waals surface area contributed by atoms with Crippen LogP contribution in [0.5, 0.6) is 0 Å². The number of imidazole rings is 1. The van der Waals surface area contributed by atoms with Crippen molar-refractivity contribution < 1.29 is 28.4 Å². The fraction of sp³-hybridized carbons (Fsp3) is 0.367. The van der Waals surface area contributed by atoms with Gasteiger partial charge in [-0.25, -0.2) is 24.3 Å². The Hall–Kier alpha value is -9.03. The highest BCUT2D eigenvalue weighted by Crippen LogP contribution is 2.38. The number of aromatic nitrogens is 7. The van der Waals surface area contributed by atoms with Crippen LogP contribution in [0, 0.1) is 30.5 Å². The van der Waals surface area contributed by atoms with Gasteiger partial charge in [0.2, 0.25) is 17.7 Å². The Morgan fingerprint density at radius 2 is 1.65 bits per heavy atom. The van der Waals surface area contributed by atoms with Crippen molar-refractivity contribution in [2.75, 3.05) is 66.7 Å². The molecule has 5 fully saturated rings. The van der Waals surface area contributed by atoms with Gasteiger partial charge in [0.25, 0.3) is 11.8 Å². The number of carbonyl (C=O) groups excluding carboxylic acids is 5. The molecule has 13 rings (SSSR count). The summed E-state index contributed by atoms with van der Waals surface area (Å²) in [5.74, 6) is 6.43. The number of aryl methyl sites for hydroxylation is 1. The molecule has 412 valence electrons. The number of rotatable bonds is 11. The highest BCUT2D eigenvalue weighted by atomic mass is 19.1. The summed E-state index contributed by atoms with van der Waals surface area (Å²) >= 11 is 0. The standard InChI is InChI=1S/C60H60FN15O5/c1-36-67-49-12-11-47(40-17-22-63-52(62)28-40)68-56(49)74(36)42-10-13-50(46(61)29-42)75-43-8-9-44(75)35-70(34-43)23-3-4-37-7-15-53(65-30-37)71-24-18-39(19-25-71)58(79)72-26-20-41(21-27-72)73-33-38(32-66-73)31-64-48-6-2-5-45-55(48)60(81)76(59(45)80)51-14-16-54(77)69-57(51)78/h2,5-7,10-13,15,17,22,28-30,32-33,39,41,43-44,51,64H,8-9,14,16,18-21,23-27,31,34-35H2,1H3,(H2,62,63)(H,69,77,78). The molecule has 2 aromatic carbocycles. The minimum Gasteiger partial charge on any atom is -0.384 e. The van der Waals surface area contributed by atoms with E-state index in [-0.39, 0.29) is 59.7 Å². The highest BCUT2D eigenvalue weighted by molar-refractivity contribution is 6.25. The van der Waals surface area contributed by atoms with Crippen molar-refractivity contribution in [1.29, 1.82) is 0 Å². The summed E-state index contributed by atoms with van der Waals surface area (Å²) in [5.41, 5.74) is 12.8. The number of piperidine rings is 3. The third kappa shape index (κ3) is 9.87. The van der Waals surface area contributed by atoms with Crippen molar-refractivity contribution in [1.82, 2.24) is 54.3 Å². The van der Waals surface area contributed by atoms with Crippen molar-refractivity contribution in [2.45, 2.75) is 89.0 Å². The smallest absolute Gasteiger partial charge is 0.264 e. The van der Waals surface area contributed by atoms with E-state index >= 15 is 4.39 Å². The molecule has 3 atom stereocenters. The zero-order valence-electron chi connectivity index (χ0n) is 44.8. The van der Waals surface area contributed by atoms with Crippen molar-refractivity contribution in [3.8, 4) is 28.8 Å². The van der Waals surface area contributed by atoms with E-state index in [1.54, 1.807) is 42.7 Å². The van der Waals surface area contributed by atoms with E-state index < -0.39 is 29.7 Å². The number of benzene rings is 2. The molecular formula is C60H60FN15O5. The third-order valence-electron chi connectivity index (χ3n) is 17.0. The SMILES string of the molecule is Cc1nc2ccc(-c3ccnc(N)c3)nc2n1-c1ccc(N2C3CCC2CN(CC#Cc2ccc(N4CCC(C(=O)N5CCC(n6cc(CNc7cccc8c7C(=O)N(C7CCC(=O)NC7=O)C8=O)cn6)CC5)CC4)nc2)C3)c(F)c1. The minimum absolute atomic E-state index is 0.0366. The number of piperazine rings is 1. The topological polar surface area (TPSA) is 226 Å². The summed E-state index contributed by atoms with van der Waals surface area (Å²) in [7, 11) is 0. The number of hydrogen-bond acceptors (Lipinski definition) is 15. The maximum absolute atomic E-state index is 16.3. The number of halogens is 1. The summed E-state index contributed by atoms with van der Waals surface area (Å²) in [4.78, 5) is 93.3. The van der Waals surface area contributed by atoms with Gasteiger partial charge < -0.3 is 25.8 Å².